The van der Waals surface area contributed by atoms with Crippen LogP contribution in [0, 0.1) is 0 Å². The van der Waals surface area contributed by atoms with Crippen molar-refractivity contribution in [2.75, 3.05) is 11.9 Å². The van der Waals surface area contributed by atoms with Crippen LogP contribution in [0.3, 0.4) is 0 Å². The van der Waals surface area contributed by atoms with Crippen molar-refractivity contribution in [3.63, 3.8) is 0 Å². The molecule has 0 saturated heterocycles. The van der Waals surface area contributed by atoms with Crippen molar-refractivity contribution < 1.29 is 9.53 Å². The fourth-order valence-corrected chi connectivity index (χ4v) is 1.55. The summed E-state index contributed by atoms with van der Waals surface area (Å²) in [6, 6.07) is 19.1. The Kier molecular flexibility index (Phi) is 4.76. The molecule has 96 valence electrons. The molecular formula is C16H15NO2. The molecule has 2 aromatic carbocycles. The lowest BCUT2D eigenvalue weighted by atomic mass is 10.2. The molecule has 1 N–H and O–H groups in total. The highest BCUT2D eigenvalue weighted by molar-refractivity contribution is 5.84. The number of carbonyl (C=O) groups excluding carboxylic acids is 1. The third-order valence-electron chi connectivity index (χ3n) is 2.44. The number of rotatable bonds is 4. The van der Waals surface area contributed by atoms with Crippen molar-refractivity contribution in [3.05, 3.63) is 72.3 Å². The maximum atomic E-state index is 11.5. The second kappa shape index (κ2) is 7.01. The van der Waals surface area contributed by atoms with Gasteiger partial charge in [0.1, 0.15) is 6.61 Å². The van der Waals surface area contributed by atoms with E-state index < -0.39 is 6.09 Å². The van der Waals surface area contributed by atoms with Gasteiger partial charge in [0.2, 0.25) is 0 Å². The van der Waals surface area contributed by atoms with Crippen molar-refractivity contribution in [3.8, 4) is 0 Å². The number of hydrogen-bond acceptors (Lipinski definition) is 2. The zero-order chi connectivity index (χ0) is 13.3. The summed E-state index contributed by atoms with van der Waals surface area (Å²) in [6.45, 7) is 0.244. The maximum absolute atomic E-state index is 11.5. The summed E-state index contributed by atoms with van der Waals surface area (Å²) in [5, 5.41) is 2.65. The van der Waals surface area contributed by atoms with Gasteiger partial charge in [-0.15, -0.1) is 0 Å². The summed E-state index contributed by atoms with van der Waals surface area (Å²) in [5.74, 6) is 0. The fraction of sp³-hybridized carbons (Fsp3) is 0.0625. The molecular weight excluding hydrogens is 238 g/mol. The van der Waals surface area contributed by atoms with Crippen LogP contribution in [-0.2, 0) is 4.74 Å². The van der Waals surface area contributed by atoms with Gasteiger partial charge in [-0.25, -0.2) is 4.79 Å². The zero-order valence-corrected chi connectivity index (χ0v) is 10.5. The molecule has 0 aliphatic rings. The zero-order valence-electron chi connectivity index (χ0n) is 10.5. The van der Waals surface area contributed by atoms with Crippen molar-refractivity contribution >= 4 is 17.9 Å². The van der Waals surface area contributed by atoms with Gasteiger partial charge in [-0.05, 0) is 23.8 Å². The Morgan fingerprint density at radius 1 is 1.00 bits per heavy atom. The minimum atomic E-state index is -0.455. The molecule has 0 atom stereocenters. The van der Waals surface area contributed by atoms with Gasteiger partial charge in [0, 0.05) is 5.69 Å². The molecule has 0 bridgehead atoms. The summed E-state index contributed by atoms with van der Waals surface area (Å²) < 4.78 is 5.03. The molecule has 0 spiro atoms. The monoisotopic (exact) mass is 253 g/mol. The standard InChI is InChI=1S/C16H15NO2/c18-16(17-15-11-5-2-6-12-15)19-13-7-10-14-8-3-1-4-9-14/h1-12H,13H2,(H,17,18)/b10-7+. The molecule has 0 heterocycles. The van der Waals surface area contributed by atoms with Crippen LogP contribution >= 0.6 is 0 Å². The lowest BCUT2D eigenvalue weighted by molar-refractivity contribution is 0.174. The first-order valence-electron chi connectivity index (χ1n) is 6.05. The molecule has 2 rings (SSSR count). The smallest absolute Gasteiger partial charge is 0.411 e. The first-order valence-corrected chi connectivity index (χ1v) is 6.05. The van der Waals surface area contributed by atoms with Crippen LogP contribution in [0.15, 0.2) is 66.7 Å². The molecule has 0 fully saturated rings. The van der Waals surface area contributed by atoms with Gasteiger partial charge in [-0.1, -0.05) is 54.6 Å². The quantitative estimate of drug-likeness (QED) is 0.896. The molecule has 0 aliphatic heterocycles. The molecule has 19 heavy (non-hydrogen) atoms. The summed E-state index contributed by atoms with van der Waals surface area (Å²) in [5.41, 5.74) is 1.80. The van der Waals surface area contributed by atoms with E-state index in [1.54, 1.807) is 18.2 Å². The van der Waals surface area contributed by atoms with Crippen molar-refractivity contribution in [1.82, 2.24) is 0 Å². The first-order chi connectivity index (χ1) is 9.34. The van der Waals surface area contributed by atoms with Gasteiger partial charge >= 0.3 is 6.09 Å². The summed E-state index contributed by atoms with van der Waals surface area (Å²) in [7, 11) is 0. The molecule has 2 aromatic rings. The highest BCUT2D eigenvalue weighted by Crippen LogP contribution is 2.05. The van der Waals surface area contributed by atoms with Crippen LogP contribution in [0.4, 0.5) is 10.5 Å². The molecule has 0 radical (unpaired) electrons. The van der Waals surface area contributed by atoms with Crippen LogP contribution in [0.25, 0.3) is 6.08 Å². The van der Waals surface area contributed by atoms with E-state index in [9.17, 15) is 4.79 Å². The van der Waals surface area contributed by atoms with E-state index in [1.807, 2.05) is 54.6 Å². The number of ether oxygens (including phenoxy) is 1. The SMILES string of the molecule is O=C(Nc1ccccc1)OC/C=C/c1ccccc1. The van der Waals surface area contributed by atoms with Crippen LogP contribution < -0.4 is 5.32 Å². The average Bonchev–Trinajstić information content (AvgIpc) is 2.46. The van der Waals surface area contributed by atoms with E-state index in [0.717, 1.165) is 11.3 Å². The van der Waals surface area contributed by atoms with E-state index in [1.165, 1.54) is 0 Å². The maximum Gasteiger partial charge on any atom is 0.411 e. The van der Waals surface area contributed by atoms with E-state index in [4.69, 9.17) is 4.74 Å². The Hall–Kier alpha value is -2.55. The third-order valence-corrected chi connectivity index (χ3v) is 2.44. The number of hydrogen-bond donors (Lipinski definition) is 1. The largest absolute Gasteiger partial charge is 0.445 e. The normalized spacial score (nSPS) is 10.3. The van der Waals surface area contributed by atoms with Crippen LogP contribution in [0.2, 0.25) is 0 Å². The lowest BCUT2D eigenvalue weighted by Crippen LogP contribution is -2.13. The van der Waals surface area contributed by atoms with Gasteiger partial charge in [0.25, 0.3) is 0 Å². The average molecular weight is 253 g/mol. The summed E-state index contributed by atoms with van der Waals surface area (Å²) in [4.78, 5) is 11.5. The van der Waals surface area contributed by atoms with E-state index >= 15 is 0 Å². The van der Waals surface area contributed by atoms with Gasteiger partial charge in [-0.3, -0.25) is 5.32 Å². The lowest BCUT2D eigenvalue weighted by Gasteiger charge is -2.04. The Morgan fingerprint density at radius 3 is 2.32 bits per heavy atom. The van der Waals surface area contributed by atoms with Crippen molar-refractivity contribution in [1.29, 1.82) is 0 Å². The Labute approximate surface area is 112 Å². The number of nitrogens with one attached hydrogen (secondary N) is 1. The minimum absolute atomic E-state index is 0.244. The minimum Gasteiger partial charge on any atom is -0.445 e. The number of amides is 1. The fourth-order valence-electron chi connectivity index (χ4n) is 1.55. The summed E-state index contributed by atoms with van der Waals surface area (Å²) >= 11 is 0. The number of anilines is 1. The first kappa shape index (κ1) is 12.9. The molecule has 3 nitrogen and oxygen atoms in total. The van der Waals surface area contributed by atoms with Gasteiger partial charge < -0.3 is 4.74 Å². The number of para-hydroxylation sites is 1. The van der Waals surface area contributed by atoms with Crippen LogP contribution in [0.1, 0.15) is 5.56 Å². The number of carbonyl (C=O) groups is 1. The van der Waals surface area contributed by atoms with E-state index in [0.29, 0.717) is 0 Å². The van der Waals surface area contributed by atoms with Gasteiger partial charge in [0.15, 0.2) is 0 Å². The molecule has 1 amide bonds. The Bertz CT molecular complexity index is 535. The van der Waals surface area contributed by atoms with Crippen molar-refractivity contribution in [2.45, 2.75) is 0 Å². The Morgan fingerprint density at radius 2 is 1.63 bits per heavy atom. The second-order valence-corrected chi connectivity index (χ2v) is 3.90. The highest BCUT2D eigenvalue weighted by Gasteiger charge is 2.00. The van der Waals surface area contributed by atoms with E-state index in [-0.39, 0.29) is 6.61 Å². The van der Waals surface area contributed by atoms with Crippen LogP contribution in [0.5, 0.6) is 0 Å². The van der Waals surface area contributed by atoms with Crippen LogP contribution in [-0.4, -0.2) is 12.7 Å². The molecule has 3 heteroatoms. The van der Waals surface area contributed by atoms with Gasteiger partial charge in [-0.2, -0.15) is 0 Å². The molecule has 0 unspecified atom stereocenters. The molecule has 0 aromatic heterocycles. The topological polar surface area (TPSA) is 38.3 Å². The highest BCUT2D eigenvalue weighted by atomic mass is 16.5. The number of benzene rings is 2. The van der Waals surface area contributed by atoms with E-state index in [2.05, 4.69) is 5.32 Å². The van der Waals surface area contributed by atoms with Crippen molar-refractivity contribution in [2.24, 2.45) is 0 Å². The predicted molar refractivity (Wildman–Crippen MR) is 76.9 cm³/mol. The predicted octanol–water partition coefficient (Wildman–Crippen LogP) is 3.95. The Balaban J connectivity index is 1.74. The van der Waals surface area contributed by atoms with Gasteiger partial charge in [0.05, 0.1) is 0 Å². The second-order valence-electron chi connectivity index (χ2n) is 3.90. The third kappa shape index (κ3) is 4.68. The summed E-state index contributed by atoms with van der Waals surface area (Å²) in [6.07, 6.45) is 3.26. The molecule has 0 aliphatic carbocycles. The molecule has 0 saturated carbocycles.